The van der Waals surface area contributed by atoms with Crippen molar-refractivity contribution in [3.63, 3.8) is 0 Å². The van der Waals surface area contributed by atoms with Gasteiger partial charge < -0.3 is 10.1 Å². The van der Waals surface area contributed by atoms with Crippen LogP contribution in [0.3, 0.4) is 0 Å². The van der Waals surface area contributed by atoms with Crippen molar-refractivity contribution in [1.82, 2.24) is 4.98 Å². The highest BCUT2D eigenvalue weighted by atomic mass is 79.9. The Morgan fingerprint density at radius 2 is 1.71 bits per heavy atom. The first kappa shape index (κ1) is 15.8. The van der Waals surface area contributed by atoms with Crippen molar-refractivity contribution < 1.29 is 4.74 Å². The van der Waals surface area contributed by atoms with E-state index in [0.717, 1.165) is 21.7 Å². The molecule has 1 atom stereocenters. The highest BCUT2D eigenvalue weighted by Crippen LogP contribution is 2.24. The van der Waals surface area contributed by atoms with E-state index in [1.54, 1.807) is 0 Å². The van der Waals surface area contributed by atoms with Gasteiger partial charge in [0.2, 0.25) is 0 Å². The van der Waals surface area contributed by atoms with E-state index in [1.807, 2.05) is 45.0 Å². The predicted octanol–water partition coefficient (Wildman–Crippen LogP) is 5.11. The van der Waals surface area contributed by atoms with Gasteiger partial charge in [-0.25, -0.2) is 4.98 Å². The minimum atomic E-state index is 0.197. The van der Waals surface area contributed by atoms with Crippen LogP contribution >= 0.6 is 15.9 Å². The molecule has 1 aromatic carbocycles. The Kier molecular flexibility index (Phi) is 5.23. The van der Waals surface area contributed by atoms with Crippen LogP contribution < -0.4 is 10.1 Å². The van der Waals surface area contributed by atoms with Crippen LogP contribution in [0.15, 0.2) is 41.0 Å². The third-order valence-corrected chi connectivity index (χ3v) is 3.62. The highest BCUT2D eigenvalue weighted by Gasteiger charge is 2.08. The van der Waals surface area contributed by atoms with Crippen LogP contribution in [0.25, 0.3) is 0 Å². The first-order valence-corrected chi connectivity index (χ1v) is 7.91. The Balaban J connectivity index is 2.07. The summed E-state index contributed by atoms with van der Waals surface area (Å²) in [6.07, 6.45) is 0.197. The van der Waals surface area contributed by atoms with Crippen molar-refractivity contribution in [2.75, 3.05) is 5.32 Å². The molecule has 0 amide bonds. The predicted molar refractivity (Wildman–Crippen MR) is 90.9 cm³/mol. The molecule has 1 unspecified atom stereocenters. The molecule has 3 nitrogen and oxygen atoms in total. The number of rotatable bonds is 5. The van der Waals surface area contributed by atoms with Gasteiger partial charge in [0.25, 0.3) is 0 Å². The zero-order valence-corrected chi connectivity index (χ0v) is 14.4. The third-order valence-electron chi connectivity index (χ3n) is 3.18. The number of hydrogen-bond donors (Lipinski definition) is 1. The molecule has 0 saturated heterocycles. The van der Waals surface area contributed by atoms with Crippen LogP contribution in [0, 0.1) is 6.92 Å². The number of nitrogens with zero attached hydrogens (tertiary/aromatic N) is 1. The quantitative estimate of drug-likeness (QED) is 0.762. The number of aromatic nitrogens is 1. The summed E-state index contributed by atoms with van der Waals surface area (Å²) < 4.78 is 6.52. The summed E-state index contributed by atoms with van der Waals surface area (Å²) in [6.45, 7) is 8.20. The van der Waals surface area contributed by atoms with E-state index >= 15 is 0 Å². The monoisotopic (exact) mass is 348 g/mol. The lowest BCUT2D eigenvalue weighted by Crippen LogP contribution is -2.09. The van der Waals surface area contributed by atoms with Crippen molar-refractivity contribution >= 4 is 21.6 Å². The number of ether oxygens (including phenoxy) is 1. The molecule has 1 N–H and O–H groups in total. The Morgan fingerprint density at radius 3 is 2.29 bits per heavy atom. The van der Waals surface area contributed by atoms with Crippen molar-refractivity contribution in [3.8, 4) is 5.75 Å². The van der Waals surface area contributed by atoms with E-state index in [9.17, 15) is 0 Å². The fraction of sp³-hybridized carbons (Fsp3) is 0.353. The number of aryl methyl sites for hydroxylation is 1. The molecule has 0 bridgehead atoms. The number of benzene rings is 1. The topological polar surface area (TPSA) is 34.2 Å². The average molecular weight is 349 g/mol. The zero-order chi connectivity index (χ0) is 15.4. The Hall–Kier alpha value is -1.55. The molecule has 0 aliphatic carbocycles. The summed E-state index contributed by atoms with van der Waals surface area (Å²) in [5.74, 6) is 0.905. The molecule has 0 fully saturated rings. The van der Waals surface area contributed by atoms with E-state index in [1.165, 1.54) is 5.56 Å². The number of pyridine rings is 1. The maximum absolute atomic E-state index is 5.66. The van der Waals surface area contributed by atoms with E-state index in [2.05, 4.69) is 45.3 Å². The summed E-state index contributed by atoms with van der Waals surface area (Å²) in [6, 6.07) is 12.4. The summed E-state index contributed by atoms with van der Waals surface area (Å²) >= 11 is 3.38. The van der Waals surface area contributed by atoms with E-state index in [0.29, 0.717) is 0 Å². The first-order valence-electron chi connectivity index (χ1n) is 7.12. The smallest absolute Gasteiger partial charge is 0.119 e. The van der Waals surface area contributed by atoms with Gasteiger partial charge in [-0.1, -0.05) is 12.1 Å². The molecule has 0 saturated carbocycles. The first-order chi connectivity index (χ1) is 9.95. The largest absolute Gasteiger partial charge is 0.491 e. The highest BCUT2D eigenvalue weighted by molar-refractivity contribution is 9.10. The van der Waals surface area contributed by atoms with Gasteiger partial charge >= 0.3 is 0 Å². The van der Waals surface area contributed by atoms with Gasteiger partial charge in [0, 0.05) is 6.04 Å². The Morgan fingerprint density at radius 1 is 1.05 bits per heavy atom. The van der Waals surface area contributed by atoms with Crippen LogP contribution in [-0.4, -0.2) is 11.1 Å². The van der Waals surface area contributed by atoms with Crippen LogP contribution in [0.2, 0.25) is 0 Å². The molecular weight excluding hydrogens is 328 g/mol. The second-order valence-electron chi connectivity index (χ2n) is 5.37. The van der Waals surface area contributed by atoms with Gasteiger partial charge in [0.05, 0.1) is 17.5 Å². The standard InChI is InChI=1S/C17H21BrN2O/c1-11(2)21-15-7-5-14(6-8-15)12(3)19-16-9-10-17(18)20-13(16)4/h5-12,19H,1-4H3. The summed E-state index contributed by atoms with van der Waals surface area (Å²) in [7, 11) is 0. The summed E-state index contributed by atoms with van der Waals surface area (Å²) in [5, 5.41) is 3.49. The molecule has 0 radical (unpaired) electrons. The molecular formula is C17H21BrN2O. The summed E-state index contributed by atoms with van der Waals surface area (Å²) in [4.78, 5) is 4.40. The zero-order valence-electron chi connectivity index (χ0n) is 12.9. The minimum absolute atomic E-state index is 0.197. The van der Waals surface area contributed by atoms with Crippen molar-refractivity contribution in [3.05, 3.63) is 52.3 Å². The number of nitrogens with one attached hydrogen (secondary N) is 1. The maximum Gasteiger partial charge on any atom is 0.119 e. The van der Waals surface area contributed by atoms with E-state index in [-0.39, 0.29) is 12.1 Å². The molecule has 0 aliphatic rings. The second kappa shape index (κ2) is 6.94. The molecule has 0 aliphatic heterocycles. The Labute approximate surface area is 134 Å². The lowest BCUT2D eigenvalue weighted by atomic mass is 10.1. The maximum atomic E-state index is 5.66. The minimum Gasteiger partial charge on any atom is -0.491 e. The fourth-order valence-electron chi connectivity index (χ4n) is 2.11. The van der Waals surface area contributed by atoms with Crippen LogP contribution in [-0.2, 0) is 0 Å². The third kappa shape index (κ3) is 4.46. The Bertz CT molecular complexity index is 596. The van der Waals surface area contributed by atoms with Gasteiger partial charge in [-0.2, -0.15) is 0 Å². The molecule has 0 spiro atoms. The van der Waals surface area contributed by atoms with E-state index in [4.69, 9.17) is 4.74 Å². The number of halogens is 1. The van der Waals surface area contributed by atoms with Gasteiger partial charge in [0.15, 0.2) is 0 Å². The van der Waals surface area contributed by atoms with Crippen LogP contribution in [0.1, 0.15) is 38.1 Å². The van der Waals surface area contributed by atoms with E-state index < -0.39 is 0 Å². The van der Waals surface area contributed by atoms with Crippen molar-refractivity contribution in [1.29, 1.82) is 0 Å². The van der Waals surface area contributed by atoms with Crippen LogP contribution in [0.4, 0.5) is 5.69 Å². The lowest BCUT2D eigenvalue weighted by molar-refractivity contribution is 0.242. The van der Waals surface area contributed by atoms with Gasteiger partial charge in [-0.15, -0.1) is 0 Å². The molecule has 21 heavy (non-hydrogen) atoms. The number of hydrogen-bond acceptors (Lipinski definition) is 3. The lowest BCUT2D eigenvalue weighted by Gasteiger charge is -2.18. The molecule has 1 heterocycles. The number of anilines is 1. The van der Waals surface area contributed by atoms with Gasteiger partial charge in [-0.05, 0) is 73.5 Å². The molecule has 2 rings (SSSR count). The molecule has 112 valence electrons. The van der Waals surface area contributed by atoms with Gasteiger partial charge in [-0.3, -0.25) is 0 Å². The molecule has 2 aromatic rings. The average Bonchev–Trinajstić information content (AvgIpc) is 2.42. The second-order valence-corrected chi connectivity index (χ2v) is 6.18. The SMILES string of the molecule is Cc1nc(Br)ccc1NC(C)c1ccc(OC(C)C)cc1. The van der Waals surface area contributed by atoms with Crippen LogP contribution in [0.5, 0.6) is 5.75 Å². The van der Waals surface area contributed by atoms with Crippen molar-refractivity contribution in [2.24, 2.45) is 0 Å². The van der Waals surface area contributed by atoms with Gasteiger partial charge in [0.1, 0.15) is 10.4 Å². The van der Waals surface area contributed by atoms with Crippen molar-refractivity contribution in [2.45, 2.75) is 39.8 Å². The molecule has 4 heteroatoms. The molecule has 1 aromatic heterocycles. The normalized spacial score (nSPS) is 12.3. The fourth-order valence-corrected chi connectivity index (χ4v) is 2.50. The summed E-state index contributed by atoms with van der Waals surface area (Å²) in [5.41, 5.74) is 3.25.